The summed E-state index contributed by atoms with van der Waals surface area (Å²) >= 11 is 0. The number of aryl methyl sites for hydroxylation is 2. The highest BCUT2D eigenvalue weighted by Crippen LogP contribution is 2.28. The Kier molecular flexibility index (Phi) is 3.42. The van der Waals surface area contributed by atoms with Gasteiger partial charge < -0.3 is 4.74 Å². The van der Waals surface area contributed by atoms with Crippen LogP contribution in [0.1, 0.15) is 17.8 Å². The van der Waals surface area contributed by atoms with Crippen LogP contribution in [0.4, 0.5) is 5.69 Å². The van der Waals surface area contributed by atoms with Crippen molar-refractivity contribution in [1.82, 2.24) is 14.6 Å². The van der Waals surface area contributed by atoms with Crippen molar-refractivity contribution in [2.24, 2.45) is 0 Å². The molecule has 0 fully saturated rings. The smallest absolute Gasteiger partial charge is 0.261 e. The van der Waals surface area contributed by atoms with Gasteiger partial charge in [-0.1, -0.05) is 0 Å². The van der Waals surface area contributed by atoms with Crippen molar-refractivity contribution in [3.63, 3.8) is 0 Å². The molecule has 1 aliphatic heterocycles. The normalized spacial score (nSPS) is 14.2. The van der Waals surface area contributed by atoms with E-state index in [-0.39, 0.29) is 4.90 Å². The Morgan fingerprint density at radius 1 is 1.25 bits per heavy atom. The third-order valence-corrected chi connectivity index (χ3v) is 5.26. The van der Waals surface area contributed by atoms with Gasteiger partial charge in [0.25, 0.3) is 10.0 Å². The van der Waals surface area contributed by atoms with Crippen molar-refractivity contribution in [1.29, 1.82) is 0 Å². The third-order valence-electron chi connectivity index (χ3n) is 3.88. The molecule has 4 rings (SSSR count). The fraction of sp³-hybridized carbons (Fsp3) is 0.250. The van der Waals surface area contributed by atoms with Crippen LogP contribution in [-0.2, 0) is 16.4 Å². The average molecular weight is 344 g/mol. The van der Waals surface area contributed by atoms with Crippen LogP contribution in [0.25, 0.3) is 5.65 Å². The van der Waals surface area contributed by atoms with Crippen LogP contribution < -0.4 is 9.46 Å². The fourth-order valence-electron chi connectivity index (χ4n) is 2.77. The van der Waals surface area contributed by atoms with Crippen LogP contribution in [0, 0.1) is 6.92 Å². The summed E-state index contributed by atoms with van der Waals surface area (Å²) in [6.07, 6.45) is 3.32. The molecule has 3 aromatic rings. The highest BCUT2D eigenvalue weighted by Gasteiger charge is 2.19. The van der Waals surface area contributed by atoms with E-state index < -0.39 is 10.0 Å². The summed E-state index contributed by atoms with van der Waals surface area (Å²) in [5, 5.41) is 4.19. The molecule has 0 bridgehead atoms. The second-order valence-electron chi connectivity index (χ2n) is 5.71. The first kappa shape index (κ1) is 14.9. The van der Waals surface area contributed by atoms with E-state index in [1.807, 2.05) is 0 Å². The van der Waals surface area contributed by atoms with Crippen molar-refractivity contribution in [2.45, 2.75) is 24.7 Å². The Morgan fingerprint density at radius 2 is 2.12 bits per heavy atom. The van der Waals surface area contributed by atoms with Gasteiger partial charge in [0, 0.05) is 0 Å². The molecule has 0 aliphatic carbocycles. The standard InChI is InChI=1S/C16H16N4O3S/c1-11-17-16-7-4-13(10-20(16)18-11)19-24(21,22)14-5-6-15-12(9-14)3-2-8-23-15/h4-7,9-10,19H,2-3,8H2,1H3. The number of nitrogens with zero attached hydrogens (tertiary/aromatic N) is 3. The molecular weight excluding hydrogens is 328 g/mol. The summed E-state index contributed by atoms with van der Waals surface area (Å²) < 4.78 is 34.9. The zero-order chi connectivity index (χ0) is 16.7. The molecule has 0 atom stereocenters. The lowest BCUT2D eigenvalue weighted by Gasteiger charge is -2.18. The van der Waals surface area contributed by atoms with Crippen LogP contribution in [0.3, 0.4) is 0 Å². The van der Waals surface area contributed by atoms with Crippen LogP contribution in [-0.4, -0.2) is 29.6 Å². The van der Waals surface area contributed by atoms with Gasteiger partial charge >= 0.3 is 0 Å². The maximum Gasteiger partial charge on any atom is 0.261 e. The first-order chi connectivity index (χ1) is 11.5. The topological polar surface area (TPSA) is 85.6 Å². The van der Waals surface area contributed by atoms with E-state index in [9.17, 15) is 8.42 Å². The minimum atomic E-state index is -3.68. The van der Waals surface area contributed by atoms with Crippen LogP contribution in [0.15, 0.2) is 41.4 Å². The molecule has 0 radical (unpaired) electrons. The molecule has 1 N–H and O–H groups in total. The maximum absolute atomic E-state index is 12.6. The van der Waals surface area contributed by atoms with E-state index in [4.69, 9.17) is 4.74 Å². The molecular formula is C16H16N4O3S. The first-order valence-electron chi connectivity index (χ1n) is 7.63. The van der Waals surface area contributed by atoms with E-state index in [1.54, 1.807) is 48.0 Å². The van der Waals surface area contributed by atoms with Crippen molar-refractivity contribution in [2.75, 3.05) is 11.3 Å². The number of rotatable bonds is 3. The van der Waals surface area contributed by atoms with Gasteiger partial charge in [0.05, 0.1) is 23.4 Å². The second-order valence-corrected chi connectivity index (χ2v) is 7.39. The number of benzene rings is 1. The van der Waals surface area contributed by atoms with Crippen molar-refractivity contribution < 1.29 is 13.2 Å². The van der Waals surface area contributed by atoms with E-state index in [2.05, 4.69) is 14.8 Å². The van der Waals surface area contributed by atoms with Gasteiger partial charge in [-0.25, -0.2) is 17.9 Å². The maximum atomic E-state index is 12.6. The predicted octanol–water partition coefficient (Wildman–Crippen LogP) is 2.16. The minimum absolute atomic E-state index is 0.224. The summed E-state index contributed by atoms with van der Waals surface area (Å²) in [6, 6.07) is 8.34. The molecule has 0 unspecified atom stereocenters. The van der Waals surface area contributed by atoms with Crippen LogP contribution >= 0.6 is 0 Å². The molecule has 0 saturated heterocycles. The largest absolute Gasteiger partial charge is 0.493 e. The second kappa shape index (κ2) is 5.48. The number of anilines is 1. The third kappa shape index (κ3) is 2.69. The Hall–Kier alpha value is -2.61. The Balaban J connectivity index is 1.66. The van der Waals surface area contributed by atoms with Gasteiger partial charge in [0.1, 0.15) is 11.6 Å². The zero-order valence-electron chi connectivity index (χ0n) is 13.1. The lowest BCUT2D eigenvalue weighted by molar-refractivity contribution is 0.288. The lowest BCUT2D eigenvalue weighted by atomic mass is 10.1. The zero-order valence-corrected chi connectivity index (χ0v) is 13.9. The van der Waals surface area contributed by atoms with Crippen molar-refractivity contribution >= 4 is 21.4 Å². The Labute approximate surface area is 139 Å². The SMILES string of the molecule is Cc1nc2ccc(NS(=O)(=O)c3ccc4c(c3)CCCO4)cn2n1. The molecule has 3 heterocycles. The predicted molar refractivity (Wildman–Crippen MR) is 88.8 cm³/mol. The number of pyridine rings is 1. The molecule has 2 aromatic heterocycles. The number of hydrogen-bond acceptors (Lipinski definition) is 5. The highest BCUT2D eigenvalue weighted by atomic mass is 32.2. The molecule has 0 spiro atoms. The molecule has 1 aliphatic rings. The number of fused-ring (bicyclic) bond motifs is 2. The number of aromatic nitrogens is 3. The van der Waals surface area contributed by atoms with Crippen LogP contribution in [0.2, 0.25) is 0 Å². The van der Waals surface area contributed by atoms with Gasteiger partial charge in [0.15, 0.2) is 5.65 Å². The number of ether oxygens (including phenoxy) is 1. The van der Waals surface area contributed by atoms with Gasteiger partial charge in [-0.15, -0.1) is 0 Å². The fourth-order valence-corrected chi connectivity index (χ4v) is 3.87. The molecule has 0 amide bonds. The van der Waals surface area contributed by atoms with Gasteiger partial charge in [0.2, 0.25) is 0 Å². The molecule has 0 saturated carbocycles. The van der Waals surface area contributed by atoms with Crippen molar-refractivity contribution in [3.05, 3.63) is 47.9 Å². The van der Waals surface area contributed by atoms with E-state index >= 15 is 0 Å². The number of hydrogen-bond donors (Lipinski definition) is 1. The summed E-state index contributed by atoms with van der Waals surface area (Å²) in [6.45, 7) is 2.46. The molecule has 124 valence electrons. The molecule has 8 heteroatoms. The van der Waals surface area contributed by atoms with Crippen LogP contribution in [0.5, 0.6) is 5.75 Å². The van der Waals surface area contributed by atoms with Crippen molar-refractivity contribution in [3.8, 4) is 5.75 Å². The quantitative estimate of drug-likeness (QED) is 0.787. The van der Waals surface area contributed by atoms with Gasteiger partial charge in [-0.05, 0) is 55.7 Å². The van der Waals surface area contributed by atoms with E-state index in [0.29, 0.717) is 23.8 Å². The average Bonchev–Trinajstić information content (AvgIpc) is 2.93. The minimum Gasteiger partial charge on any atom is -0.493 e. The molecule has 1 aromatic carbocycles. The lowest BCUT2D eigenvalue weighted by Crippen LogP contribution is -2.15. The first-order valence-corrected chi connectivity index (χ1v) is 9.11. The Bertz CT molecular complexity index is 1030. The Morgan fingerprint density at radius 3 is 3.00 bits per heavy atom. The van der Waals surface area contributed by atoms with E-state index in [0.717, 1.165) is 24.2 Å². The number of nitrogens with one attached hydrogen (secondary N) is 1. The molecule has 24 heavy (non-hydrogen) atoms. The van der Waals surface area contributed by atoms with Gasteiger partial charge in [-0.2, -0.15) is 5.10 Å². The summed E-state index contributed by atoms with van der Waals surface area (Å²) in [4.78, 5) is 4.44. The van der Waals surface area contributed by atoms with E-state index in [1.165, 1.54) is 0 Å². The van der Waals surface area contributed by atoms with Gasteiger partial charge in [-0.3, -0.25) is 4.72 Å². The number of sulfonamides is 1. The molecule has 7 nitrogen and oxygen atoms in total. The monoisotopic (exact) mass is 344 g/mol. The summed E-state index contributed by atoms with van der Waals surface area (Å²) in [5.41, 5.74) is 2.02. The summed E-state index contributed by atoms with van der Waals surface area (Å²) in [7, 11) is -3.68. The highest BCUT2D eigenvalue weighted by molar-refractivity contribution is 7.92. The summed E-state index contributed by atoms with van der Waals surface area (Å²) in [5.74, 6) is 1.39.